The molecule has 20 heavy (non-hydrogen) atoms. The minimum absolute atomic E-state index is 0.259. The van der Waals surface area contributed by atoms with Crippen LogP contribution >= 0.6 is 15.9 Å². The Hall–Kier alpha value is -1.56. The van der Waals surface area contributed by atoms with Crippen LogP contribution in [0.3, 0.4) is 0 Å². The third kappa shape index (κ3) is 4.52. The number of anilines is 1. The molecule has 0 aromatic heterocycles. The molecule has 0 aliphatic rings. The van der Waals surface area contributed by atoms with Crippen molar-refractivity contribution in [2.45, 2.75) is 26.3 Å². The predicted molar refractivity (Wildman–Crippen MR) is 81.3 cm³/mol. The number of esters is 1. The average Bonchev–Trinajstić information content (AvgIpc) is 2.39. The van der Waals surface area contributed by atoms with E-state index in [4.69, 9.17) is 10.5 Å². The molecule has 110 valence electrons. The molecule has 0 fully saturated rings. The molecular formula is C14H19BrN2O3. The van der Waals surface area contributed by atoms with E-state index in [1.165, 1.54) is 7.11 Å². The first-order valence-electron chi connectivity index (χ1n) is 6.28. The Bertz CT molecular complexity index is 503. The summed E-state index contributed by atoms with van der Waals surface area (Å²) in [5.74, 6) is -0.535. The second-order valence-electron chi connectivity index (χ2n) is 4.92. The van der Waals surface area contributed by atoms with Crippen molar-refractivity contribution in [3.63, 3.8) is 0 Å². The molecule has 0 saturated heterocycles. The fraction of sp³-hybridized carbons (Fsp3) is 0.429. The van der Waals surface area contributed by atoms with Crippen molar-refractivity contribution < 1.29 is 14.3 Å². The van der Waals surface area contributed by atoms with Crippen LogP contribution in [0.1, 0.15) is 30.6 Å². The molecule has 0 saturated carbocycles. The molecule has 5 nitrogen and oxygen atoms in total. The molecule has 1 rings (SSSR count). The molecular weight excluding hydrogens is 324 g/mol. The van der Waals surface area contributed by atoms with Crippen LogP contribution in [0.4, 0.5) is 5.69 Å². The predicted octanol–water partition coefficient (Wildman–Crippen LogP) is 2.35. The van der Waals surface area contributed by atoms with Gasteiger partial charge in [0.15, 0.2) is 0 Å². The fourth-order valence-electron chi connectivity index (χ4n) is 1.75. The molecule has 1 unspecified atom stereocenters. The van der Waals surface area contributed by atoms with Crippen LogP contribution in [0.25, 0.3) is 0 Å². The van der Waals surface area contributed by atoms with E-state index in [1.807, 2.05) is 13.8 Å². The van der Waals surface area contributed by atoms with Crippen molar-refractivity contribution >= 4 is 33.5 Å². The lowest BCUT2D eigenvalue weighted by molar-refractivity contribution is -0.143. The summed E-state index contributed by atoms with van der Waals surface area (Å²) in [5, 5.41) is 2.68. The highest BCUT2D eigenvalue weighted by atomic mass is 79.9. The van der Waals surface area contributed by atoms with Gasteiger partial charge in [0.25, 0.3) is 5.91 Å². The van der Waals surface area contributed by atoms with Gasteiger partial charge in [0.2, 0.25) is 0 Å². The summed E-state index contributed by atoms with van der Waals surface area (Å²) in [6.45, 7) is 3.94. The number of carbonyl (C=O) groups excluding carboxylic acids is 2. The molecule has 0 bridgehead atoms. The number of amides is 1. The van der Waals surface area contributed by atoms with E-state index in [1.54, 1.807) is 18.2 Å². The Morgan fingerprint density at radius 1 is 1.40 bits per heavy atom. The number of hydrogen-bond acceptors (Lipinski definition) is 4. The summed E-state index contributed by atoms with van der Waals surface area (Å²) >= 11 is 3.27. The summed E-state index contributed by atoms with van der Waals surface area (Å²) in [6, 6.07) is 4.24. The molecule has 0 aliphatic carbocycles. The molecule has 1 amide bonds. The lowest BCUT2D eigenvalue weighted by Crippen LogP contribution is -2.42. The van der Waals surface area contributed by atoms with E-state index in [-0.39, 0.29) is 11.8 Å². The van der Waals surface area contributed by atoms with E-state index in [2.05, 4.69) is 21.2 Å². The highest BCUT2D eigenvalue weighted by Gasteiger charge is 2.23. The summed E-state index contributed by atoms with van der Waals surface area (Å²) in [5.41, 5.74) is 6.61. The van der Waals surface area contributed by atoms with Crippen molar-refractivity contribution in [3.05, 3.63) is 28.2 Å². The van der Waals surface area contributed by atoms with Crippen molar-refractivity contribution in [1.29, 1.82) is 0 Å². The lowest BCUT2D eigenvalue weighted by Gasteiger charge is -2.18. The Labute approximate surface area is 127 Å². The number of hydrogen-bond donors (Lipinski definition) is 2. The number of methoxy groups -OCH3 is 1. The highest BCUT2D eigenvalue weighted by Crippen LogP contribution is 2.20. The molecule has 0 radical (unpaired) electrons. The van der Waals surface area contributed by atoms with Crippen LogP contribution in [0.5, 0.6) is 0 Å². The van der Waals surface area contributed by atoms with Gasteiger partial charge in [-0.15, -0.1) is 0 Å². The van der Waals surface area contributed by atoms with Gasteiger partial charge < -0.3 is 15.8 Å². The van der Waals surface area contributed by atoms with Gasteiger partial charge in [-0.1, -0.05) is 13.8 Å². The van der Waals surface area contributed by atoms with E-state index in [0.29, 0.717) is 17.7 Å². The maximum atomic E-state index is 12.1. The number of ether oxygens (including phenoxy) is 1. The molecule has 1 atom stereocenters. The number of nitrogen functional groups attached to an aromatic ring is 1. The first-order valence-corrected chi connectivity index (χ1v) is 7.08. The topological polar surface area (TPSA) is 81.4 Å². The van der Waals surface area contributed by atoms with Crippen LogP contribution in [0.2, 0.25) is 0 Å². The number of rotatable bonds is 5. The highest BCUT2D eigenvalue weighted by molar-refractivity contribution is 9.10. The Morgan fingerprint density at radius 2 is 2.05 bits per heavy atom. The van der Waals surface area contributed by atoms with E-state index in [0.717, 1.165) is 4.47 Å². The van der Waals surface area contributed by atoms with Crippen LogP contribution in [0, 0.1) is 5.92 Å². The number of benzene rings is 1. The second kappa shape index (κ2) is 7.28. The van der Waals surface area contributed by atoms with Crippen LogP contribution in [0.15, 0.2) is 22.7 Å². The van der Waals surface area contributed by atoms with E-state index in [9.17, 15) is 9.59 Å². The maximum Gasteiger partial charge on any atom is 0.328 e. The van der Waals surface area contributed by atoms with Crippen molar-refractivity contribution in [2.24, 2.45) is 5.92 Å². The monoisotopic (exact) mass is 342 g/mol. The third-order valence-corrected chi connectivity index (χ3v) is 3.48. The Kier molecular flexibility index (Phi) is 6.01. The van der Waals surface area contributed by atoms with Crippen LogP contribution in [-0.4, -0.2) is 25.0 Å². The normalized spacial score (nSPS) is 12.1. The summed E-state index contributed by atoms with van der Waals surface area (Å²) in [4.78, 5) is 23.8. The molecule has 0 heterocycles. The second-order valence-corrected chi connectivity index (χ2v) is 5.77. The largest absolute Gasteiger partial charge is 0.467 e. The zero-order valence-corrected chi connectivity index (χ0v) is 13.4. The quantitative estimate of drug-likeness (QED) is 0.635. The SMILES string of the molecule is COC(=O)C(CC(C)C)NC(=O)c1ccc(Br)c(N)c1. The van der Waals surface area contributed by atoms with Crippen LogP contribution < -0.4 is 11.1 Å². The zero-order chi connectivity index (χ0) is 15.3. The number of nitrogens with one attached hydrogen (secondary N) is 1. The minimum atomic E-state index is -0.655. The fourth-order valence-corrected chi connectivity index (χ4v) is 2.00. The van der Waals surface area contributed by atoms with Gasteiger partial charge in [0.1, 0.15) is 6.04 Å². The number of halogens is 1. The van der Waals surface area contributed by atoms with Gasteiger partial charge in [-0.25, -0.2) is 4.79 Å². The van der Waals surface area contributed by atoms with Gasteiger partial charge in [0.05, 0.1) is 7.11 Å². The molecule has 0 spiro atoms. The third-order valence-electron chi connectivity index (χ3n) is 2.76. The Morgan fingerprint density at radius 3 is 2.55 bits per heavy atom. The molecule has 3 N–H and O–H groups in total. The lowest BCUT2D eigenvalue weighted by atomic mass is 10.0. The summed E-state index contributed by atoms with van der Waals surface area (Å²) < 4.78 is 5.43. The summed E-state index contributed by atoms with van der Waals surface area (Å²) in [6.07, 6.45) is 0.518. The van der Waals surface area contributed by atoms with E-state index >= 15 is 0 Å². The van der Waals surface area contributed by atoms with E-state index < -0.39 is 12.0 Å². The number of nitrogens with two attached hydrogens (primary N) is 1. The molecule has 0 aliphatic heterocycles. The van der Waals surface area contributed by atoms with Gasteiger partial charge >= 0.3 is 5.97 Å². The van der Waals surface area contributed by atoms with Gasteiger partial charge in [-0.05, 0) is 46.5 Å². The van der Waals surface area contributed by atoms with Crippen LogP contribution in [-0.2, 0) is 9.53 Å². The maximum absolute atomic E-state index is 12.1. The standard InChI is InChI=1S/C14H19BrN2O3/c1-8(2)6-12(14(19)20-3)17-13(18)9-4-5-10(15)11(16)7-9/h4-5,7-8,12H,6,16H2,1-3H3,(H,17,18). The van der Waals surface area contributed by atoms with Gasteiger partial charge in [0, 0.05) is 15.7 Å². The molecule has 1 aromatic rings. The molecule has 6 heteroatoms. The first kappa shape index (κ1) is 16.5. The summed E-state index contributed by atoms with van der Waals surface area (Å²) in [7, 11) is 1.30. The zero-order valence-electron chi connectivity index (χ0n) is 11.8. The van der Waals surface area contributed by atoms with Crippen molar-refractivity contribution in [2.75, 3.05) is 12.8 Å². The van der Waals surface area contributed by atoms with Gasteiger partial charge in [-0.2, -0.15) is 0 Å². The molecule has 1 aromatic carbocycles. The smallest absolute Gasteiger partial charge is 0.328 e. The average molecular weight is 343 g/mol. The minimum Gasteiger partial charge on any atom is -0.467 e. The van der Waals surface area contributed by atoms with Crippen molar-refractivity contribution in [3.8, 4) is 0 Å². The number of carbonyl (C=O) groups is 2. The Balaban J connectivity index is 2.84. The first-order chi connectivity index (χ1) is 9.35. The van der Waals surface area contributed by atoms with Crippen molar-refractivity contribution in [1.82, 2.24) is 5.32 Å². The van der Waals surface area contributed by atoms with Gasteiger partial charge in [-0.3, -0.25) is 4.79 Å².